The number of aryl methyl sites for hydroxylation is 2. The van der Waals surface area contributed by atoms with E-state index in [0.29, 0.717) is 18.3 Å². The summed E-state index contributed by atoms with van der Waals surface area (Å²) in [6.07, 6.45) is 5.78. The van der Waals surface area contributed by atoms with E-state index in [1.54, 1.807) is 22.6 Å². The van der Waals surface area contributed by atoms with Crippen molar-refractivity contribution in [3.05, 3.63) is 76.5 Å². The third kappa shape index (κ3) is 4.88. The van der Waals surface area contributed by atoms with Crippen LogP contribution in [0.1, 0.15) is 65.8 Å². The predicted molar refractivity (Wildman–Crippen MR) is 162 cm³/mol. The third-order valence-corrected chi connectivity index (χ3v) is 11.5. The van der Waals surface area contributed by atoms with Crippen molar-refractivity contribution in [2.75, 3.05) is 18.5 Å². The quantitative estimate of drug-likeness (QED) is 0.311. The van der Waals surface area contributed by atoms with Gasteiger partial charge in [0.15, 0.2) is 0 Å². The molecule has 3 aliphatic rings. The van der Waals surface area contributed by atoms with Gasteiger partial charge in [0.1, 0.15) is 16.2 Å². The molecule has 4 aromatic rings. The monoisotopic (exact) mass is 600 g/mol. The Morgan fingerprint density at radius 3 is 2.65 bits per heavy atom. The highest BCUT2D eigenvalue weighted by atomic mass is 32.2. The summed E-state index contributed by atoms with van der Waals surface area (Å²) in [5, 5.41) is 18.8. The summed E-state index contributed by atoms with van der Waals surface area (Å²) in [6, 6.07) is 13.2. The van der Waals surface area contributed by atoms with Crippen LogP contribution in [0.5, 0.6) is 0 Å². The van der Waals surface area contributed by atoms with E-state index in [0.717, 1.165) is 58.2 Å². The van der Waals surface area contributed by atoms with Crippen LogP contribution in [0.25, 0.3) is 11.0 Å². The highest BCUT2D eigenvalue weighted by Crippen LogP contribution is 2.48. The average molecular weight is 601 g/mol. The lowest BCUT2D eigenvalue weighted by molar-refractivity contribution is -0.137. The predicted octanol–water partition coefficient (Wildman–Crippen LogP) is 4.63. The molecule has 0 saturated heterocycles. The SMILES string of the molecule is Cc1ccc([C@@H](CC(=O)O)c2ccc3c(nnn3CC3CC3)c2C)cc1CN1CC2(CC2)N(C)c2ncccc2S1(=O)=O. The van der Waals surface area contributed by atoms with Crippen LogP contribution in [0.2, 0.25) is 0 Å². The maximum Gasteiger partial charge on any atom is 0.304 e. The molecule has 7 rings (SSSR count). The molecule has 2 aromatic heterocycles. The van der Waals surface area contributed by atoms with Crippen molar-refractivity contribution in [2.24, 2.45) is 5.92 Å². The Labute approximate surface area is 251 Å². The molecule has 10 nitrogen and oxygen atoms in total. The van der Waals surface area contributed by atoms with Crippen molar-refractivity contribution in [3.63, 3.8) is 0 Å². The molecule has 0 amide bonds. The van der Waals surface area contributed by atoms with Crippen molar-refractivity contribution in [3.8, 4) is 0 Å². The lowest BCUT2D eigenvalue weighted by atomic mass is 9.84. The molecular weight excluding hydrogens is 564 g/mol. The number of hydrogen-bond acceptors (Lipinski definition) is 7. The fourth-order valence-electron chi connectivity index (χ4n) is 6.59. The molecule has 1 N–H and O–H groups in total. The lowest BCUT2D eigenvalue weighted by Crippen LogP contribution is -2.43. The summed E-state index contributed by atoms with van der Waals surface area (Å²) in [7, 11) is -1.88. The fraction of sp³-hybridized carbons (Fsp3) is 0.438. The molecule has 1 atom stereocenters. The summed E-state index contributed by atoms with van der Waals surface area (Å²) in [6.45, 7) is 5.38. The van der Waals surface area contributed by atoms with Crippen LogP contribution in [0.4, 0.5) is 5.82 Å². The number of sulfonamides is 1. The number of pyridine rings is 1. The Bertz CT molecular complexity index is 1860. The molecule has 2 saturated carbocycles. The van der Waals surface area contributed by atoms with E-state index in [-0.39, 0.29) is 23.4 Å². The van der Waals surface area contributed by atoms with Gasteiger partial charge in [-0.05, 0) is 91.5 Å². The van der Waals surface area contributed by atoms with E-state index in [1.807, 2.05) is 60.8 Å². The van der Waals surface area contributed by atoms with Gasteiger partial charge in [-0.1, -0.05) is 29.5 Å². The number of likely N-dealkylation sites (N-methyl/N-ethyl adjacent to an activating group) is 1. The Hall–Kier alpha value is -3.83. The van der Waals surface area contributed by atoms with Crippen molar-refractivity contribution in [1.29, 1.82) is 0 Å². The zero-order valence-electron chi connectivity index (χ0n) is 24.7. The molecule has 1 aliphatic heterocycles. The third-order valence-electron chi connectivity index (χ3n) is 9.68. The Morgan fingerprint density at radius 1 is 1.14 bits per heavy atom. The number of aromatic nitrogens is 4. The van der Waals surface area contributed by atoms with E-state index in [2.05, 4.69) is 15.3 Å². The molecule has 3 heterocycles. The number of carboxylic acid groups (broad SMARTS) is 1. The molecule has 2 fully saturated rings. The van der Waals surface area contributed by atoms with E-state index in [1.165, 1.54) is 12.8 Å². The van der Waals surface area contributed by atoms with Crippen LogP contribution in [0, 0.1) is 19.8 Å². The topological polar surface area (TPSA) is 122 Å². The molecule has 11 heteroatoms. The maximum absolute atomic E-state index is 14.0. The first-order valence-corrected chi connectivity index (χ1v) is 16.3. The van der Waals surface area contributed by atoms with E-state index >= 15 is 0 Å². The minimum atomic E-state index is -3.82. The second-order valence-corrected chi connectivity index (χ2v) is 14.5. The molecule has 0 bridgehead atoms. The molecule has 224 valence electrons. The number of anilines is 1. The zero-order chi connectivity index (χ0) is 30.1. The van der Waals surface area contributed by atoms with Gasteiger partial charge in [-0.15, -0.1) is 5.10 Å². The zero-order valence-corrected chi connectivity index (χ0v) is 25.5. The second-order valence-electron chi connectivity index (χ2n) is 12.6. The molecule has 2 aliphatic carbocycles. The minimum Gasteiger partial charge on any atom is -0.481 e. The standard InChI is InChI=1S/C32H36N6O4S/c1-20-6-9-23(26(16-29(39)40)25-10-11-27-30(21(25)2)34-35-38(27)17-22-7-8-22)15-24(20)18-37-19-32(12-13-32)36(3)31-28(43(37,41)42)5-4-14-33-31/h4-6,9-11,14-15,22,26H,7-8,12-13,16-19H2,1-3H3,(H,39,40)/t26-/m1/s1. The van der Waals surface area contributed by atoms with Crippen LogP contribution in [-0.4, -0.2) is 62.9 Å². The fourth-order valence-corrected chi connectivity index (χ4v) is 8.26. The summed E-state index contributed by atoms with van der Waals surface area (Å²) in [5.74, 6) is -0.179. The number of rotatable bonds is 8. The van der Waals surface area contributed by atoms with Crippen molar-refractivity contribution in [1.82, 2.24) is 24.3 Å². The minimum absolute atomic E-state index is 0.0972. The number of carboxylic acids is 1. The smallest absolute Gasteiger partial charge is 0.304 e. The molecule has 0 radical (unpaired) electrons. The molecule has 1 spiro atoms. The highest BCUT2D eigenvalue weighted by molar-refractivity contribution is 7.89. The highest BCUT2D eigenvalue weighted by Gasteiger charge is 2.53. The largest absolute Gasteiger partial charge is 0.481 e. The van der Waals surface area contributed by atoms with Crippen LogP contribution >= 0.6 is 0 Å². The Kier molecular flexibility index (Phi) is 6.59. The van der Waals surface area contributed by atoms with Crippen LogP contribution in [0.3, 0.4) is 0 Å². The van der Waals surface area contributed by atoms with E-state index < -0.39 is 21.9 Å². The number of fused-ring (bicyclic) bond motifs is 2. The first kappa shape index (κ1) is 28.0. The van der Waals surface area contributed by atoms with Gasteiger partial charge in [-0.2, -0.15) is 4.31 Å². The molecular formula is C32H36N6O4S. The van der Waals surface area contributed by atoms with E-state index in [4.69, 9.17) is 0 Å². The Morgan fingerprint density at radius 2 is 1.93 bits per heavy atom. The second kappa shape index (κ2) is 10.1. The van der Waals surface area contributed by atoms with Crippen LogP contribution in [0.15, 0.2) is 53.6 Å². The maximum atomic E-state index is 14.0. The number of carbonyl (C=O) groups is 1. The number of nitrogens with zero attached hydrogens (tertiary/aromatic N) is 6. The summed E-state index contributed by atoms with van der Waals surface area (Å²) < 4.78 is 31.5. The first-order chi connectivity index (χ1) is 20.6. The summed E-state index contributed by atoms with van der Waals surface area (Å²) >= 11 is 0. The van der Waals surface area contributed by atoms with Gasteiger partial charge in [-0.3, -0.25) is 4.79 Å². The number of benzene rings is 2. The van der Waals surface area contributed by atoms with Crippen molar-refractivity contribution in [2.45, 2.75) is 75.4 Å². The number of aliphatic carboxylic acids is 1. The summed E-state index contributed by atoms with van der Waals surface area (Å²) in [4.78, 5) is 18.9. The average Bonchev–Trinajstić information content (AvgIpc) is 3.91. The van der Waals surface area contributed by atoms with Gasteiger partial charge in [0.25, 0.3) is 0 Å². The van der Waals surface area contributed by atoms with Gasteiger partial charge in [-0.25, -0.2) is 18.1 Å². The van der Waals surface area contributed by atoms with Crippen molar-refractivity contribution < 1.29 is 18.3 Å². The van der Waals surface area contributed by atoms with Gasteiger partial charge in [0.2, 0.25) is 10.0 Å². The van der Waals surface area contributed by atoms with Crippen LogP contribution < -0.4 is 4.90 Å². The van der Waals surface area contributed by atoms with Gasteiger partial charge < -0.3 is 10.0 Å². The molecule has 43 heavy (non-hydrogen) atoms. The lowest BCUT2D eigenvalue weighted by Gasteiger charge is -2.29. The summed E-state index contributed by atoms with van der Waals surface area (Å²) in [5.41, 5.74) is 5.95. The van der Waals surface area contributed by atoms with Gasteiger partial charge in [0, 0.05) is 38.8 Å². The number of hydrogen-bond donors (Lipinski definition) is 1. The van der Waals surface area contributed by atoms with Crippen LogP contribution in [-0.2, 0) is 27.9 Å². The van der Waals surface area contributed by atoms with Gasteiger partial charge >= 0.3 is 5.97 Å². The van der Waals surface area contributed by atoms with E-state index in [9.17, 15) is 18.3 Å². The van der Waals surface area contributed by atoms with Gasteiger partial charge in [0.05, 0.1) is 17.5 Å². The van der Waals surface area contributed by atoms with Crippen molar-refractivity contribution >= 4 is 32.8 Å². The molecule has 0 unspecified atom stereocenters. The molecule has 2 aromatic carbocycles. The normalized spacial score (nSPS) is 19.7. The Balaban J connectivity index is 1.26. The first-order valence-electron chi connectivity index (χ1n) is 14.9.